The van der Waals surface area contributed by atoms with Gasteiger partial charge in [-0.2, -0.15) is 0 Å². The summed E-state index contributed by atoms with van der Waals surface area (Å²) < 4.78 is 0. The van der Waals surface area contributed by atoms with Gasteiger partial charge >= 0.3 is 5.97 Å². The third-order valence-corrected chi connectivity index (χ3v) is 5.43. The molecule has 34 heavy (non-hydrogen) atoms. The van der Waals surface area contributed by atoms with E-state index in [1.54, 1.807) is 0 Å². The fourth-order valence-electron chi connectivity index (χ4n) is 3.56. The van der Waals surface area contributed by atoms with Crippen molar-refractivity contribution in [3.8, 4) is 5.75 Å². The highest BCUT2D eigenvalue weighted by atomic mass is 16.7. The lowest BCUT2D eigenvalue weighted by Crippen LogP contribution is -2.31. The lowest BCUT2D eigenvalue weighted by Gasteiger charge is -2.12. The topological polar surface area (TPSA) is 162 Å². The van der Waals surface area contributed by atoms with Gasteiger partial charge in [-0.15, -0.1) is 5.06 Å². The van der Waals surface area contributed by atoms with Gasteiger partial charge in [-0.3, -0.25) is 14.4 Å². The number of imide groups is 1. The van der Waals surface area contributed by atoms with Gasteiger partial charge in [0.15, 0.2) is 0 Å². The Labute approximate surface area is 198 Å². The van der Waals surface area contributed by atoms with Crippen molar-refractivity contribution in [3.05, 3.63) is 34.2 Å². The molecule has 0 atom stereocenters. The van der Waals surface area contributed by atoms with E-state index in [1.165, 1.54) is 18.2 Å². The zero-order valence-electron chi connectivity index (χ0n) is 19.2. The summed E-state index contributed by atoms with van der Waals surface area (Å²) >= 11 is 0. The fraction of sp³-hybridized carbons (Fsp3) is 0.565. The number of phenols is 1. The molecular weight excluding hydrogens is 442 g/mol. The number of amides is 3. The van der Waals surface area contributed by atoms with Crippen LogP contribution in [0, 0.1) is 0 Å². The number of azide groups is 1. The molecule has 1 aromatic carbocycles. The first kappa shape index (κ1) is 26.7. The van der Waals surface area contributed by atoms with Gasteiger partial charge in [-0.05, 0) is 30.5 Å². The third-order valence-electron chi connectivity index (χ3n) is 5.43. The Kier molecular flexibility index (Phi) is 11.4. The Bertz CT molecular complexity index is 912. The summed E-state index contributed by atoms with van der Waals surface area (Å²) in [6.45, 7) is 0.515. The van der Waals surface area contributed by atoms with E-state index in [1.807, 2.05) is 0 Å². The van der Waals surface area contributed by atoms with E-state index in [2.05, 4.69) is 15.3 Å². The Morgan fingerprint density at radius 3 is 2.18 bits per heavy atom. The highest BCUT2D eigenvalue weighted by Gasteiger charge is 2.32. The second kappa shape index (κ2) is 14.5. The van der Waals surface area contributed by atoms with Crippen LogP contribution < -0.4 is 5.32 Å². The fourth-order valence-corrected chi connectivity index (χ4v) is 3.56. The summed E-state index contributed by atoms with van der Waals surface area (Å²) in [5.74, 6) is -2.06. The van der Waals surface area contributed by atoms with Crippen LogP contribution in [0.25, 0.3) is 10.4 Å². The maximum atomic E-state index is 12.1. The lowest BCUT2D eigenvalue weighted by molar-refractivity contribution is -0.197. The van der Waals surface area contributed by atoms with Crippen molar-refractivity contribution >= 4 is 29.4 Å². The SMILES string of the molecule is [N-]=[N+]=Nc1ccc(C(=O)NCCCCCCCCCCCC(=O)ON2C(=O)CCC2=O)c(O)c1. The minimum absolute atomic E-state index is 0.0982. The van der Waals surface area contributed by atoms with Crippen molar-refractivity contribution in [2.24, 2.45) is 5.11 Å². The van der Waals surface area contributed by atoms with E-state index in [0.29, 0.717) is 18.0 Å². The predicted octanol–water partition coefficient (Wildman–Crippen LogP) is 4.57. The monoisotopic (exact) mass is 473 g/mol. The van der Waals surface area contributed by atoms with Gasteiger partial charge in [0.2, 0.25) is 0 Å². The van der Waals surface area contributed by atoms with Crippen LogP contribution in [0.15, 0.2) is 23.3 Å². The number of benzene rings is 1. The van der Waals surface area contributed by atoms with Gasteiger partial charge in [0.05, 0.1) is 5.56 Å². The number of nitrogens with one attached hydrogen (secondary N) is 1. The van der Waals surface area contributed by atoms with Crippen LogP contribution in [0.4, 0.5) is 5.69 Å². The molecule has 1 aliphatic rings. The van der Waals surface area contributed by atoms with Crippen LogP contribution in [-0.2, 0) is 19.2 Å². The van der Waals surface area contributed by atoms with Crippen LogP contribution in [0.3, 0.4) is 0 Å². The Balaban J connectivity index is 1.42. The van der Waals surface area contributed by atoms with E-state index in [9.17, 15) is 24.3 Å². The minimum Gasteiger partial charge on any atom is -0.507 e. The van der Waals surface area contributed by atoms with E-state index in [0.717, 1.165) is 51.4 Å². The predicted molar refractivity (Wildman–Crippen MR) is 123 cm³/mol. The van der Waals surface area contributed by atoms with Crippen molar-refractivity contribution in [1.29, 1.82) is 0 Å². The molecule has 0 bridgehead atoms. The largest absolute Gasteiger partial charge is 0.507 e. The number of nitrogens with zero attached hydrogens (tertiary/aromatic N) is 4. The van der Waals surface area contributed by atoms with Crippen molar-refractivity contribution in [1.82, 2.24) is 10.4 Å². The number of hydrogen-bond donors (Lipinski definition) is 2. The molecule has 1 heterocycles. The molecule has 0 saturated carbocycles. The van der Waals surface area contributed by atoms with E-state index >= 15 is 0 Å². The Hall–Kier alpha value is -3.59. The average Bonchev–Trinajstić information content (AvgIpc) is 3.12. The summed E-state index contributed by atoms with van der Waals surface area (Å²) in [5, 5.41) is 16.6. The van der Waals surface area contributed by atoms with Crippen molar-refractivity contribution < 1.29 is 29.1 Å². The van der Waals surface area contributed by atoms with Gasteiger partial charge in [-0.1, -0.05) is 56.1 Å². The summed E-state index contributed by atoms with van der Waals surface area (Å²) in [4.78, 5) is 54.1. The molecule has 1 fully saturated rings. The van der Waals surface area contributed by atoms with E-state index in [-0.39, 0.29) is 42.2 Å². The number of unbranched alkanes of at least 4 members (excludes halogenated alkanes) is 8. The molecular formula is C23H31N5O6. The molecule has 0 aliphatic carbocycles. The summed E-state index contributed by atoms with van der Waals surface area (Å²) in [5.41, 5.74) is 8.78. The number of rotatable bonds is 15. The second-order valence-electron chi connectivity index (χ2n) is 8.12. The highest BCUT2D eigenvalue weighted by Crippen LogP contribution is 2.24. The molecule has 2 rings (SSSR count). The first-order valence-electron chi connectivity index (χ1n) is 11.6. The molecule has 2 N–H and O–H groups in total. The smallest absolute Gasteiger partial charge is 0.333 e. The average molecular weight is 474 g/mol. The third kappa shape index (κ3) is 9.11. The van der Waals surface area contributed by atoms with E-state index < -0.39 is 17.8 Å². The summed E-state index contributed by atoms with van der Waals surface area (Å²) in [6.07, 6.45) is 9.10. The number of phenolic OH excluding ortho intramolecular Hbond substituents is 1. The van der Waals surface area contributed by atoms with Crippen LogP contribution >= 0.6 is 0 Å². The van der Waals surface area contributed by atoms with Gasteiger partial charge in [0.1, 0.15) is 5.75 Å². The number of carbonyl (C=O) groups excluding carboxylic acids is 4. The van der Waals surface area contributed by atoms with E-state index in [4.69, 9.17) is 10.4 Å². The molecule has 11 heteroatoms. The van der Waals surface area contributed by atoms with Gasteiger partial charge in [0, 0.05) is 36.4 Å². The molecule has 0 unspecified atom stereocenters. The first-order valence-corrected chi connectivity index (χ1v) is 11.6. The second-order valence-corrected chi connectivity index (χ2v) is 8.12. The lowest BCUT2D eigenvalue weighted by atomic mass is 10.1. The minimum atomic E-state index is -0.545. The molecule has 0 radical (unpaired) electrons. The quantitative estimate of drug-likeness (QED) is 0.125. The Morgan fingerprint density at radius 1 is 1.00 bits per heavy atom. The van der Waals surface area contributed by atoms with Crippen molar-refractivity contribution in [2.45, 2.75) is 77.0 Å². The first-order chi connectivity index (χ1) is 16.4. The number of hydrogen-bond acceptors (Lipinski definition) is 7. The van der Waals surface area contributed by atoms with Crippen LogP contribution in [0.2, 0.25) is 0 Å². The summed E-state index contributed by atoms with van der Waals surface area (Å²) in [6, 6.07) is 4.14. The normalized spacial score (nSPS) is 13.0. The number of aromatic hydroxyl groups is 1. The summed E-state index contributed by atoms with van der Waals surface area (Å²) in [7, 11) is 0. The standard InChI is InChI=1S/C23H31N5O6/c24-27-26-17-11-12-18(19(29)16-17)23(33)25-15-9-7-5-3-1-2-4-6-8-10-22(32)34-28-20(30)13-14-21(28)31/h11-12,16,29H,1-10,13-15H2,(H,25,33). The van der Waals surface area contributed by atoms with Crippen LogP contribution in [-0.4, -0.2) is 40.4 Å². The van der Waals surface area contributed by atoms with Crippen molar-refractivity contribution in [3.63, 3.8) is 0 Å². The molecule has 1 aliphatic heterocycles. The highest BCUT2D eigenvalue weighted by molar-refractivity contribution is 6.01. The van der Waals surface area contributed by atoms with Crippen LogP contribution in [0.5, 0.6) is 5.75 Å². The van der Waals surface area contributed by atoms with Crippen LogP contribution in [0.1, 0.15) is 87.4 Å². The molecule has 0 aromatic heterocycles. The molecule has 184 valence electrons. The van der Waals surface area contributed by atoms with Gasteiger partial charge < -0.3 is 15.3 Å². The molecule has 0 spiro atoms. The number of hydroxylamine groups is 2. The Morgan fingerprint density at radius 2 is 1.59 bits per heavy atom. The van der Waals surface area contributed by atoms with Crippen molar-refractivity contribution in [2.75, 3.05) is 6.54 Å². The zero-order valence-corrected chi connectivity index (χ0v) is 19.2. The molecule has 1 saturated heterocycles. The molecule has 3 amide bonds. The molecule has 11 nitrogen and oxygen atoms in total. The van der Waals surface area contributed by atoms with Gasteiger partial charge in [0.25, 0.3) is 17.7 Å². The van der Waals surface area contributed by atoms with Gasteiger partial charge in [-0.25, -0.2) is 4.79 Å². The zero-order chi connectivity index (χ0) is 24.8. The maximum Gasteiger partial charge on any atom is 0.333 e. The maximum absolute atomic E-state index is 12.1. The number of carbonyl (C=O) groups is 4. The molecule has 1 aromatic rings.